The molecule has 1 saturated heterocycles. The van der Waals surface area contributed by atoms with Crippen LogP contribution in [0.3, 0.4) is 0 Å². The Morgan fingerprint density at radius 3 is 2.29 bits per heavy atom. The molecule has 0 aromatic heterocycles. The zero-order valence-electron chi connectivity index (χ0n) is 31.5. The Morgan fingerprint density at radius 1 is 0.896 bits per heavy atom. The van der Waals surface area contributed by atoms with E-state index in [1.165, 1.54) is 19.8 Å². The number of allylic oxidation sites excluding steroid dienone is 1. The highest BCUT2D eigenvalue weighted by Crippen LogP contribution is 2.68. The molecule has 272 valence electrons. The van der Waals surface area contributed by atoms with Gasteiger partial charge in [0.05, 0.1) is 24.5 Å². The van der Waals surface area contributed by atoms with E-state index in [9.17, 15) is 14.4 Å². The highest BCUT2D eigenvalue weighted by Gasteiger charge is 2.64. The van der Waals surface area contributed by atoms with Crippen molar-refractivity contribution in [3.63, 3.8) is 0 Å². The van der Waals surface area contributed by atoms with Crippen molar-refractivity contribution in [2.24, 2.45) is 46.3 Å². The van der Waals surface area contributed by atoms with Crippen LogP contribution in [0.4, 0.5) is 0 Å². The predicted molar refractivity (Wildman–Crippen MR) is 184 cm³/mol. The van der Waals surface area contributed by atoms with Crippen LogP contribution in [0.2, 0.25) is 0 Å². The standard InChI is InChI=1S/C40H64O8/c1-11-24(2)36(43)45-34-23-33-31(16-13-27-20-28(44-25(3)41)18-19-39(27,33)9)32-17-14-26(40(32,34)10)12-15-29-21-30(47-38(7,8)46-29)22-35(42)48-37(4,5)6/h12,15,24,26-34H,11,13-14,16-23H2,1-10H3/b15-12+/t24-,26?,27+,28+,29+,30+,31-,32-,33-,34-,39-,40+/m0/s1. The summed E-state index contributed by atoms with van der Waals surface area (Å²) in [7, 11) is 0. The molecular formula is C40H64O8. The van der Waals surface area contributed by atoms with Gasteiger partial charge in [0.1, 0.15) is 17.8 Å². The van der Waals surface area contributed by atoms with Gasteiger partial charge in [0.25, 0.3) is 0 Å². The van der Waals surface area contributed by atoms with Crippen LogP contribution in [-0.4, -0.2) is 53.7 Å². The number of ether oxygens (including phenoxy) is 5. The molecule has 5 rings (SSSR count). The summed E-state index contributed by atoms with van der Waals surface area (Å²) in [5.41, 5.74) is -0.560. The second-order valence-electron chi connectivity index (χ2n) is 17.9. The minimum atomic E-state index is -0.822. The lowest BCUT2D eigenvalue weighted by atomic mass is 9.44. The first-order valence-corrected chi connectivity index (χ1v) is 19.0. The van der Waals surface area contributed by atoms with Gasteiger partial charge in [0.2, 0.25) is 0 Å². The van der Waals surface area contributed by atoms with E-state index in [-0.39, 0.29) is 71.4 Å². The number of rotatable bonds is 8. The molecule has 0 aromatic carbocycles. The van der Waals surface area contributed by atoms with Crippen molar-refractivity contribution in [3.05, 3.63) is 12.2 Å². The van der Waals surface area contributed by atoms with Crippen molar-refractivity contribution in [2.75, 3.05) is 0 Å². The molecule has 0 amide bonds. The maximum absolute atomic E-state index is 13.5. The Bertz CT molecular complexity index is 1220. The Balaban J connectivity index is 1.37. The highest BCUT2D eigenvalue weighted by atomic mass is 16.7. The number of hydrogen-bond donors (Lipinski definition) is 0. The third-order valence-electron chi connectivity index (χ3n) is 13.1. The molecule has 1 aliphatic heterocycles. The fraction of sp³-hybridized carbons (Fsp3) is 0.875. The Morgan fingerprint density at radius 2 is 1.62 bits per heavy atom. The van der Waals surface area contributed by atoms with E-state index < -0.39 is 11.4 Å². The van der Waals surface area contributed by atoms with Crippen molar-refractivity contribution >= 4 is 17.9 Å². The fourth-order valence-corrected chi connectivity index (χ4v) is 10.7. The van der Waals surface area contributed by atoms with Gasteiger partial charge in [-0.1, -0.05) is 39.8 Å². The van der Waals surface area contributed by atoms with Gasteiger partial charge in [0, 0.05) is 18.8 Å². The third kappa shape index (κ3) is 7.85. The van der Waals surface area contributed by atoms with Gasteiger partial charge in [-0.25, -0.2) is 0 Å². The zero-order valence-corrected chi connectivity index (χ0v) is 31.5. The van der Waals surface area contributed by atoms with Crippen molar-refractivity contribution in [2.45, 2.75) is 176 Å². The molecule has 0 spiro atoms. The average Bonchev–Trinajstić information content (AvgIpc) is 3.31. The summed E-state index contributed by atoms with van der Waals surface area (Å²) >= 11 is 0. The van der Waals surface area contributed by atoms with E-state index in [2.05, 4.69) is 26.0 Å². The molecule has 5 aliphatic rings. The molecule has 0 bridgehead atoms. The Labute approximate surface area is 289 Å². The van der Waals surface area contributed by atoms with Crippen LogP contribution in [-0.2, 0) is 38.1 Å². The van der Waals surface area contributed by atoms with Crippen LogP contribution < -0.4 is 0 Å². The van der Waals surface area contributed by atoms with E-state index in [1.807, 2.05) is 48.5 Å². The lowest BCUT2D eigenvalue weighted by Crippen LogP contribution is -2.59. The zero-order chi connectivity index (χ0) is 35.2. The first kappa shape index (κ1) is 37.3. The van der Waals surface area contributed by atoms with E-state index in [1.54, 1.807) is 0 Å². The van der Waals surface area contributed by atoms with Gasteiger partial charge in [0.15, 0.2) is 5.79 Å². The number of hydrogen-bond acceptors (Lipinski definition) is 8. The summed E-state index contributed by atoms with van der Waals surface area (Å²) in [5, 5.41) is 0. The molecule has 1 unspecified atom stereocenters. The van der Waals surface area contributed by atoms with Crippen LogP contribution in [0.25, 0.3) is 0 Å². The lowest BCUT2D eigenvalue weighted by molar-refractivity contribution is -0.290. The Kier molecular flexibility index (Phi) is 10.9. The Hall–Kier alpha value is -1.93. The first-order valence-electron chi connectivity index (χ1n) is 19.0. The van der Waals surface area contributed by atoms with Crippen LogP contribution in [0, 0.1) is 46.3 Å². The van der Waals surface area contributed by atoms with E-state index >= 15 is 0 Å². The van der Waals surface area contributed by atoms with Crippen molar-refractivity contribution in [3.8, 4) is 0 Å². The van der Waals surface area contributed by atoms with Gasteiger partial charge in [-0.05, 0) is 127 Å². The molecule has 4 aliphatic carbocycles. The quantitative estimate of drug-likeness (QED) is 0.144. The van der Waals surface area contributed by atoms with E-state index in [0.717, 1.165) is 44.9 Å². The maximum atomic E-state index is 13.5. The van der Waals surface area contributed by atoms with Crippen molar-refractivity contribution in [1.82, 2.24) is 0 Å². The number of carbonyl (C=O) groups excluding carboxylic acids is 3. The van der Waals surface area contributed by atoms with E-state index in [0.29, 0.717) is 30.1 Å². The van der Waals surface area contributed by atoms with Gasteiger partial charge < -0.3 is 23.7 Å². The molecule has 48 heavy (non-hydrogen) atoms. The topological polar surface area (TPSA) is 97.4 Å². The molecule has 8 nitrogen and oxygen atoms in total. The summed E-state index contributed by atoms with van der Waals surface area (Å²) in [6, 6.07) is 0. The highest BCUT2D eigenvalue weighted by molar-refractivity contribution is 5.72. The van der Waals surface area contributed by atoms with Gasteiger partial charge in [-0.2, -0.15) is 0 Å². The first-order chi connectivity index (χ1) is 22.3. The molecular weight excluding hydrogens is 608 g/mol. The SMILES string of the molecule is CC[C@H](C)C(=O)O[C@H]1C[C@H]2[C@@H](CC[C@@H]3C[C@H](OC(C)=O)CC[C@@]32C)[C@@H]2CCC(/C=C/[C@@H]3C[C@H](CC(=O)OC(C)(C)C)OC(C)(C)O3)[C@@]12C. The molecule has 4 saturated carbocycles. The van der Waals surface area contributed by atoms with Gasteiger partial charge >= 0.3 is 17.9 Å². The van der Waals surface area contributed by atoms with Crippen LogP contribution in [0.1, 0.15) is 140 Å². The second-order valence-corrected chi connectivity index (χ2v) is 17.9. The summed E-state index contributed by atoms with van der Waals surface area (Å²) < 4.78 is 30.4. The summed E-state index contributed by atoms with van der Waals surface area (Å²) in [6.07, 6.45) is 13.8. The monoisotopic (exact) mass is 672 g/mol. The second kappa shape index (κ2) is 14.0. The molecule has 0 aromatic rings. The van der Waals surface area contributed by atoms with Crippen LogP contribution in [0.15, 0.2) is 12.2 Å². The van der Waals surface area contributed by atoms with Crippen molar-refractivity contribution in [1.29, 1.82) is 0 Å². The predicted octanol–water partition coefficient (Wildman–Crippen LogP) is 8.34. The van der Waals surface area contributed by atoms with Crippen LogP contribution >= 0.6 is 0 Å². The summed E-state index contributed by atoms with van der Waals surface area (Å²) in [4.78, 5) is 37.9. The normalized spacial score (nSPS) is 41.4. The smallest absolute Gasteiger partial charge is 0.308 e. The number of fused-ring (bicyclic) bond motifs is 5. The number of esters is 3. The fourth-order valence-electron chi connectivity index (χ4n) is 10.7. The number of carbonyl (C=O) groups is 3. The lowest BCUT2D eigenvalue weighted by Gasteiger charge is -2.62. The van der Waals surface area contributed by atoms with E-state index in [4.69, 9.17) is 23.7 Å². The maximum Gasteiger partial charge on any atom is 0.308 e. The minimum Gasteiger partial charge on any atom is -0.463 e. The largest absolute Gasteiger partial charge is 0.463 e. The molecule has 1 heterocycles. The average molecular weight is 673 g/mol. The molecule has 0 radical (unpaired) electrons. The minimum absolute atomic E-state index is 0.0205. The van der Waals surface area contributed by atoms with Gasteiger partial charge in [-0.3, -0.25) is 14.4 Å². The molecule has 0 N–H and O–H groups in total. The third-order valence-corrected chi connectivity index (χ3v) is 13.1. The van der Waals surface area contributed by atoms with Gasteiger partial charge in [-0.15, -0.1) is 0 Å². The molecule has 5 fully saturated rings. The van der Waals surface area contributed by atoms with Crippen LogP contribution in [0.5, 0.6) is 0 Å². The molecule has 12 atom stereocenters. The summed E-state index contributed by atoms with van der Waals surface area (Å²) in [5.74, 6) is 0.849. The summed E-state index contributed by atoms with van der Waals surface area (Å²) in [6.45, 7) is 19.9. The molecule has 8 heteroatoms. The van der Waals surface area contributed by atoms with Crippen molar-refractivity contribution < 1.29 is 38.1 Å².